The van der Waals surface area contributed by atoms with E-state index in [1.165, 1.54) is 0 Å². The summed E-state index contributed by atoms with van der Waals surface area (Å²) in [5, 5.41) is 8.86. The fourth-order valence-corrected chi connectivity index (χ4v) is 2.18. The standard InChI is InChI=1S/C9H20N2O/c1-8-6-10(3)7-9(2)11(8)4-5-12/h8-9,12H,4-7H2,1-3H3. The molecule has 1 aliphatic heterocycles. The topological polar surface area (TPSA) is 26.7 Å². The number of hydrogen-bond acceptors (Lipinski definition) is 3. The molecule has 1 rings (SSSR count). The van der Waals surface area contributed by atoms with E-state index < -0.39 is 0 Å². The zero-order chi connectivity index (χ0) is 9.14. The van der Waals surface area contributed by atoms with Crippen LogP contribution in [0.4, 0.5) is 0 Å². The monoisotopic (exact) mass is 172 g/mol. The van der Waals surface area contributed by atoms with E-state index in [-0.39, 0.29) is 6.61 Å². The van der Waals surface area contributed by atoms with E-state index in [1.54, 1.807) is 0 Å². The van der Waals surface area contributed by atoms with Crippen LogP contribution in [-0.2, 0) is 0 Å². The predicted octanol–water partition coefficient (Wildman–Crippen LogP) is 0.00310. The molecule has 1 N–H and O–H groups in total. The van der Waals surface area contributed by atoms with Gasteiger partial charge in [-0.15, -0.1) is 0 Å². The van der Waals surface area contributed by atoms with Crippen LogP contribution in [0.2, 0.25) is 0 Å². The highest BCUT2D eigenvalue weighted by Gasteiger charge is 2.26. The molecular formula is C9H20N2O. The average molecular weight is 172 g/mol. The van der Waals surface area contributed by atoms with Crippen LogP contribution in [0.25, 0.3) is 0 Å². The average Bonchev–Trinajstić information content (AvgIpc) is 1.96. The first-order chi connectivity index (χ1) is 5.65. The summed E-state index contributed by atoms with van der Waals surface area (Å²) < 4.78 is 0. The molecule has 0 spiro atoms. The molecule has 3 heteroatoms. The third kappa shape index (κ3) is 2.19. The number of aliphatic hydroxyl groups excluding tert-OH is 1. The van der Waals surface area contributed by atoms with Gasteiger partial charge in [0.05, 0.1) is 6.61 Å². The highest BCUT2D eigenvalue weighted by Crippen LogP contribution is 2.13. The summed E-state index contributed by atoms with van der Waals surface area (Å²) in [7, 11) is 2.16. The van der Waals surface area contributed by atoms with E-state index in [0.29, 0.717) is 12.1 Å². The Morgan fingerprint density at radius 2 is 1.75 bits per heavy atom. The smallest absolute Gasteiger partial charge is 0.0558 e. The maximum Gasteiger partial charge on any atom is 0.0558 e. The van der Waals surface area contributed by atoms with Crippen molar-refractivity contribution in [2.75, 3.05) is 33.3 Å². The molecule has 0 aromatic heterocycles. The van der Waals surface area contributed by atoms with Crippen LogP contribution < -0.4 is 0 Å². The van der Waals surface area contributed by atoms with Crippen molar-refractivity contribution in [2.45, 2.75) is 25.9 Å². The number of β-amino-alcohol motifs (C(OH)–C–C–N with tert-alkyl or cyclic N) is 1. The Morgan fingerprint density at radius 3 is 2.17 bits per heavy atom. The van der Waals surface area contributed by atoms with Crippen molar-refractivity contribution in [3.05, 3.63) is 0 Å². The molecule has 0 radical (unpaired) electrons. The molecule has 12 heavy (non-hydrogen) atoms. The van der Waals surface area contributed by atoms with Gasteiger partial charge in [-0.1, -0.05) is 0 Å². The number of hydrogen-bond donors (Lipinski definition) is 1. The highest BCUT2D eigenvalue weighted by molar-refractivity contribution is 4.82. The Morgan fingerprint density at radius 1 is 1.25 bits per heavy atom. The van der Waals surface area contributed by atoms with Crippen molar-refractivity contribution in [1.82, 2.24) is 9.80 Å². The molecule has 0 bridgehead atoms. The number of aliphatic hydroxyl groups is 1. The number of nitrogens with zero attached hydrogens (tertiary/aromatic N) is 2. The normalized spacial score (nSPS) is 34.0. The van der Waals surface area contributed by atoms with E-state index in [1.807, 2.05) is 0 Å². The summed E-state index contributed by atoms with van der Waals surface area (Å²) in [5.74, 6) is 0. The van der Waals surface area contributed by atoms with Gasteiger partial charge in [-0.3, -0.25) is 4.90 Å². The van der Waals surface area contributed by atoms with Crippen LogP contribution in [0.3, 0.4) is 0 Å². The molecule has 0 saturated carbocycles. The van der Waals surface area contributed by atoms with Gasteiger partial charge >= 0.3 is 0 Å². The van der Waals surface area contributed by atoms with Gasteiger partial charge < -0.3 is 10.0 Å². The van der Waals surface area contributed by atoms with Crippen molar-refractivity contribution in [3.63, 3.8) is 0 Å². The molecule has 1 fully saturated rings. The summed E-state index contributed by atoms with van der Waals surface area (Å²) in [4.78, 5) is 4.73. The minimum atomic E-state index is 0.276. The van der Waals surface area contributed by atoms with Crippen molar-refractivity contribution >= 4 is 0 Å². The first-order valence-corrected chi connectivity index (χ1v) is 4.70. The molecule has 1 saturated heterocycles. The second kappa shape index (κ2) is 4.21. The van der Waals surface area contributed by atoms with Crippen molar-refractivity contribution in [3.8, 4) is 0 Å². The molecule has 0 aromatic carbocycles. The molecule has 72 valence electrons. The number of likely N-dealkylation sites (N-methyl/N-ethyl adjacent to an activating group) is 1. The van der Waals surface area contributed by atoms with Crippen molar-refractivity contribution < 1.29 is 5.11 Å². The third-order valence-corrected chi connectivity index (χ3v) is 2.64. The summed E-state index contributed by atoms with van der Waals surface area (Å²) in [6.07, 6.45) is 0. The molecule has 2 unspecified atom stereocenters. The Kier molecular flexibility index (Phi) is 3.50. The van der Waals surface area contributed by atoms with Gasteiger partial charge in [-0.05, 0) is 20.9 Å². The van der Waals surface area contributed by atoms with E-state index in [9.17, 15) is 0 Å². The SMILES string of the molecule is CC1CN(C)CC(C)N1CCO. The maximum atomic E-state index is 8.86. The van der Waals surface area contributed by atoms with E-state index >= 15 is 0 Å². The first kappa shape index (κ1) is 9.96. The fourth-order valence-electron chi connectivity index (χ4n) is 2.18. The van der Waals surface area contributed by atoms with Gasteiger partial charge in [0.15, 0.2) is 0 Å². The summed E-state index contributed by atoms with van der Waals surface area (Å²) >= 11 is 0. The fraction of sp³-hybridized carbons (Fsp3) is 1.00. The molecule has 0 amide bonds. The van der Waals surface area contributed by atoms with E-state index in [0.717, 1.165) is 19.6 Å². The lowest BCUT2D eigenvalue weighted by Gasteiger charge is -2.42. The van der Waals surface area contributed by atoms with E-state index in [2.05, 4.69) is 30.7 Å². The molecule has 0 aromatic rings. The van der Waals surface area contributed by atoms with Gasteiger partial charge in [0, 0.05) is 31.7 Å². The van der Waals surface area contributed by atoms with Crippen molar-refractivity contribution in [2.24, 2.45) is 0 Å². The maximum absolute atomic E-state index is 8.86. The van der Waals surface area contributed by atoms with Crippen LogP contribution in [0.15, 0.2) is 0 Å². The molecule has 0 aliphatic carbocycles. The van der Waals surface area contributed by atoms with Gasteiger partial charge in [0.25, 0.3) is 0 Å². The quantitative estimate of drug-likeness (QED) is 0.635. The van der Waals surface area contributed by atoms with E-state index in [4.69, 9.17) is 5.11 Å². The molecule has 1 aliphatic rings. The minimum Gasteiger partial charge on any atom is -0.395 e. The van der Waals surface area contributed by atoms with Crippen LogP contribution in [0, 0.1) is 0 Å². The lowest BCUT2D eigenvalue weighted by atomic mass is 10.1. The number of rotatable bonds is 2. The first-order valence-electron chi connectivity index (χ1n) is 4.70. The Bertz CT molecular complexity index is 128. The lowest BCUT2D eigenvalue weighted by Crippen LogP contribution is -2.56. The molecule has 2 atom stereocenters. The second-order valence-electron chi connectivity index (χ2n) is 3.88. The van der Waals surface area contributed by atoms with Crippen molar-refractivity contribution in [1.29, 1.82) is 0 Å². The third-order valence-electron chi connectivity index (χ3n) is 2.64. The van der Waals surface area contributed by atoms with Crippen LogP contribution in [0.1, 0.15) is 13.8 Å². The minimum absolute atomic E-state index is 0.276. The number of piperazine rings is 1. The largest absolute Gasteiger partial charge is 0.395 e. The zero-order valence-electron chi connectivity index (χ0n) is 8.32. The van der Waals surface area contributed by atoms with Gasteiger partial charge in [-0.25, -0.2) is 0 Å². The van der Waals surface area contributed by atoms with Gasteiger partial charge in [0.1, 0.15) is 0 Å². The van der Waals surface area contributed by atoms with Crippen LogP contribution in [-0.4, -0.2) is 60.3 Å². The second-order valence-corrected chi connectivity index (χ2v) is 3.88. The Hall–Kier alpha value is -0.120. The van der Waals surface area contributed by atoms with Crippen LogP contribution >= 0.6 is 0 Å². The van der Waals surface area contributed by atoms with Gasteiger partial charge in [0.2, 0.25) is 0 Å². The summed E-state index contributed by atoms with van der Waals surface area (Å²) in [5.41, 5.74) is 0. The Balaban J connectivity index is 2.48. The summed E-state index contributed by atoms with van der Waals surface area (Å²) in [6, 6.07) is 1.15. The summed E-state index contributed by atoms with van der Waals surface area (Å²) in [6.45, 7) is 7.77. The zero-order valence-corrected chi connectivity index (χ0v) is 8.32. The highest BCUT2D eigenvalue weighted by atomic mass is 16.3. The predicted molar refractivity (Wildman–Crippen MR) is 50.2 cm³/mol. The van der Waals surface area contributed by atoms with Crippen LogP contribution in [0.5, 0.6) is 0 Å². The van der Waals surface area contributed by atoms with Gasteiger partial charge in [-0.2, -0.15) is 0 Å². The Labute approximate surface area is 75.0 Å². The molecule has 1 heterocycles. The lowest BCUT2D eigenvalue weighted by molar-refractivity contribution is 0.0388. The molecular weight excluding hydrogens is 152 g/mol. The molecule has 3 nitrogen and oxygen atoms in total.